The van der Waals surface area contributed by atoms with Crippen molar-refractivity contribution in [2.75, 3.05) is 28.4 Å². The fourth-order valence-electron chi connectivity index (χ4n) is 5.11. The van der Waals surface area contributed by atoms with Gasteiger partial charge >= 0.3 is 45.5 Å². The Morgan fingerprint density at radius 3 is 1.26 bits per heavy atom. The molecule has 0 bridgehead atoms. The van der Waals surface area contributed by atoms with E-state index in [-0.39, 0.29) is 78.9 Å². The molecule has 0 aliphatic carbocycles. The Morgan fingerprint density at radius 2 is 0.943 bits per heavy atom. The van der Waals surface area contributed by atoms with Crippen LogP contribution in [0.5, 0.6) is 23.0 Å². The third kappa shape index (κ3) is 11.3. The van der Waals surface area contributed by atoms with Crippen LogP contribution in [0, 0.1) is 27.7 Å². The predicted octanol–water partition coefficient (Wildman–Crippen LogP) is 1.38. The largest absolute Gasteiger partial charge is 2.00 e. The van der Waals surface area contributed by atoms with Gasteiger partial charge in [0.2, 0.25) is 0 Å². The summed E-state index contributed by atoms with van der Waals surface area (Å²) in [7, 11) is 3.66. The van der Waals surface area contributed by atoms with Crippen LogP contribution in [-0.2, 0) is 33.1 Å². The van der Waals surface area contributed by atoms with E-state index in [2.05, 4.69) is 29.9 Å². The molecule has 2 aromatic carbocycles. The Bertz CT molecular complexity index is 2010. The maximum atomic E-state index is 12.6. The number of imidazole rings is 2. The van der Waals surface area contributed by atoms with Crippen molar-refractivity contribution in [1.29, 1.82) is 0 Å². The number of methoxy groups -OCH3 is 4. The van der Waals surface area contributed by atoms with Crippen LogP contribution in [0.25, 0.3) is 22.1 Å². The second kappa shape index (κ2) is 22.0. The monoisotopic (exact) mass is 848 g/mol. The first kappa shape index (κ1) is 49.5. The molecule has 0 radical (unpaired) electrons. The standard InChI is InChI=1S/2C17H18N3O3S.4H2O.Sr/c2*1-10-8-18-15(11(2)16(10)23-4)9-24(21)17-19-13-6-5-12(22-3)7-14(13)20-17;;;;;/h2*5-8H,9H2,1-4H3;4*1H2;/q2*-1;;;;;+2/t2*24-;;;;;/m00...../s1. The Labute approximate surface area is 348 Å². The van der Waals surface area contributed by atoms with Crippen molar-refractivity contribution in [3.63, 3.8) is 0 Å². The molecule has 16 nitrogen and oxygen atoms in total. The van der Waals surface area contributed by atoms with E-state index in [0.717, 1.165) is 45.1 Å². The average Bonchev–Trinajstić information content (AvgIpc) is 3.72. The van der Waals surface area contributed by atoms with Crippen LogP contribution >= 0.6 is 0 Å². The summed E-state index contributed by atoms with van der Waals surface area (Å²) in [4.78, 5) is 26.2. The number of hydrogen-bond donors (Lipinski definition) is 0. The van der Waals surface area contributed by atoms with Gasteiger partial charge < -0.3 is 60.8 Å². The summed E-state index contributed by atoms with van der Waals surface area (Å²) in [5.41, 5.74) is 7.87. The summed E-state index contributed by atoms with van der Waals surface area (Å²) in [5, 5.41) is 0.609. The van der Waals surface area contributed by atoms with Gasteiger partial charge in [0.25, 0.3) is 0 Å². The molecular formula is C34H44N6O10S2Sr. The van der Waals surface area contributed by atoms with Crippen LogP contribution in [0.1, 0.15) is 33.6 Å². The smallest absolute Gasteiger partial charge is 0.497 e. The van der Waals surface area contributed by atoms with Crippen molar-refractivity contribution < 1.29 is 49.3 Å². The minimum Gasteiger partial charge on any atom is -0.497 e. The van der Waals surface area contributed by atoms with Crippen LogP contribution in [0.2, 0.25) is 0 Å². The molecule has 19 heteroatoms. The molecule has 0 aliphatic rings. The van der Waals surface area contributed by atoms with Crippen LogP contribution in [0.4, 0.5) is 0 Å². The van der Waals surface area contributed by atoms with Gasteiger partial charge in [-0.3, -0.25) is 18.4 Å². The molecule has 284 valence electrons. The van der Waals surface area contributed by atoms with E-state index in [1.54, 1.807) is 77.2 Å². The van der Waals surface area contributed by atoms with Gasteiger partial charge in [-0.15, -0.1) is 0 Å². The molecular weight excluding hydrogens is 804 g/mol. The first-order valence-corrected chi connectivity index (χ1v) is 17.4. The molecule has 0 amide bonds. The van der Waals surface area contributed by atoms with Gasteiger partial charge in [0.15, 0.2) is 0 Å². The Balaban J connectivity index is 0.000000932. The van der Waals surface area contributed by atoms with Crippen molar-refractivity contribution in [2.24, 2.45) is 0 Å². The second-order valence-electron chi connectivity index (χ2n) is 10.8. The second-order valence-corrected chi connectivity index (χ2v) is 13.5. The number of hydrogen-bond acceptors (Lipinski definition) is 10. The first-order valence-electron chi connectivity index (χ1n) is 14.8. The maximum absolute atomic E-state index is 12.6. The topological polar surface area (TPSA) is 277 Å². The number of fused-ring (bicyclic) bond motifs is 2. The summed E-state index contributed by atoms with van der Waals surface area (Å²) in [6, 6.07) is 10.8. The number of pyridine rings is 2. The number of rotatable bonds is 10. The normalized spacial score (nSPS) is 11.2. The number of benzene rings is 2. The van der Waals surface area contributed by atoms with E-state index in [1.807, 2.05) is 27.7 Å². The summed E-state index contributed by atoms with van der Waals surface area (Å²) >= 11 is 0. The Morgan fingerprint density at radius 1 is 0.585 bits per heavy atom. The predicted molar refractivity (Wildman–Crippen MR) is 204 cm³/mol. The number of aromatic nitrogens is 6. The summed E-state index contributed by atoms with van der Waals surface area (Å²) in [6.45, 7) is 7.69. The third-order valence-electron chi connectivity index (χ3n) is 7.67. The van der Waals surface area contributed by atoms with Crippen LogP contribution in [0.3, 0.4) is 0 Å². The van der Waals surface area contributed by atoms with E-state index >= 15 is 0 Å². The maximum Gasteiger partial charge on any atom is 2.00 e. The van der Waals surface area contributed by atoms with Gasteiger partial charge in [-0.05, 0) is 74.0 Å². The quantitative estimate of drug-likeness (QED) is 0.177. The Kier molecular flexibility index (Phi) is 20.6. The van der Waals surface area contributed by atoms with E-state index in [4.69, 9.17) is 18.9 Å². The van der Waals surface area contributed by atoms with Gasteiger partial charge in [0.05, 0.1) is 72.9 Å². The minimum absolute atomic E-state index is 0. The zero-order valence-corrected chi connectivity index (χ0v) is 35.8. The number of nitrogens with zero attached hydrogens (tertiary/aromatic N) is 6. The molecule has 8 N–H and O–H groups in total. The summed E-state index contributed by atoms with van der Waals surface area (Å²) in [6.07, 6.45) is 3.46. The fourth-order valence-corrected chi connectivity index (χ4v) is 7.24. The van der Waals surface area contributed by atoms with E-state index in [0.29, 0.717) is 43.9 Å². The average molecular weight is 849 g/mol. The van der Waals surface area contributed by atoms with Gasteiger partial charge in [-0.1, -0.05) is 12.1 Å². The van der Waals surface area contributed by atoms with E-state index in [9.17, 15) is 8.42 Å². The number of aryl methyl sites for hydroxylation is 2. The number of ether oxygens (including phenoxy) is 4. The summed E-state index contributed by atoms with van der Waals surface area (Å²) in [5.74, 6) is 3.43. The van der Waals surface area contributed by atoms with Crippen molar-refractivity contribution in [3.05, 3.63) is 82.4 Å². The Hall–Kier alpha value is -3.50. The molecule has 4 heterocycles. The van der Waals surface area contributed by atoms with Crippen molar-refractivity contribution >= 4 is 89.1 Å². The molecule has 0 saturated heterocycles. The molecule has 2 atom stereocenters. The van der Waals surface area contributed by atoms with Gasteiger partial charge in [-0.25, -0.2) is 0 Å². The zero-order valence-electron chi connectivity index (χ0n) is 30.7. The third-order valence-corrected chi connectivity index (χ3v) is 9.92. The van der Waals surface area contributed by atoms with Gasteiger partial charge in [-0.2, -0.15) is 0 Å². The van der Waals surface area contributed by atoms with Crippen molar-refractivity contribution in [1.82, 2.24) is 29.9 Å². The fraction of sp³-hybridized carbons (Fsp3) is 0.294. The molecule has 0 unspecified atom stereocenters. The zero-order chi connectivity index (χ0) is 34.5. The molecule has 6 rings (SSSR count). The van der Waals surface area contributed by atoms with Crippen LogP contribution in [-0.4, -0.2) is 124 Å². The first-order chi connectivity index (χ1) is 23.1. The van der Waals surface area contributed by atoms with Gasteiger partial charge in [0.1, 0.15) is 23.0 Å². The minimum atomic E-state index is -1.38. The van der Waals surface area contributed by atoms with Crippen LogP contribution < -0.4 is 28.9 Å². The molecule has 0 aliphatic heterocycles. The van der Waals surface area contributed by atoms with Crippen molar-refractivity contribution in [3.8, 4) is 23.0 Å². The molecule has 53 heavy (non-hydrogen) atoms. The van der Waals surface area contributed by atoms with Crippen molar-refractivity contribution in [2.45, 2.75) is 49.5 Å². The van der Waals surface area contributed by atoms with Gasteiger partial charge in [0, 0.05) is 45.0 Å². The molecule has 0 saturated carbocycles. The molecule has 0 spiro atoms. The molecule has 6 aromatic rings. The van der Waals surface area contributed by atoms with Crippen LogP contribution in [0.15, 0.2) is 59.1 Å². The summed E-state index contributed by atoms with van der Waals surface area (Å²) < 4.78 is 46.4. The van der Waals surface area contributed by atoms with E-state index < -0.39 is 21.6 Å². The SMILES string of the molecule is COc1ccc2[n-]c([S@@](=O)Cc3ncc(C)c(OC)c3C)nc2c1.COc1ccc2[n-]c([S@@](=O)Cc3ncc(C)c(OC)c3C)nc2c1.O.O.O.O.[Sr+2]. The van der Waals surface area contributed by atoms with E-state index in [1.165, 1.54) is 0 Å². The molecule has 0 fully saturated rings. The molecule has 4 aromatic heterocycles.